The number of thiophene rings is 1. The number of hydrogen-bond acceptors (Lipinski definition) is 5. The van der Waals surface area contributed by atoms with Crippen molar-refractivity contribution in [3.8, 4) is 0 Å². The largest absolute Gasteiger partial charge is 0.350 e. The summed E-state index contributed by atoms with van der Waals surface area (Å²) < 4.78 is 27.8. The van der Waals surface area contributed by atoms with Crippen LogP contribution in [0.25, 0.3) is 0 Å². The van der Waals surface area contributed by atoms with Gasteiger partial charge in [-0.25, -0.2) is 0 Å². The molecule has 0 aliphatic carbocycles. The van der Waals surface area contributed by atoms with E-state index in [1.165, 1.54) is 6.07 Å². The Morgan fingerprint density at radius 2 is 2.04 bits per heavy atom. The maximum Gasteiger partial charge on any atom is 0.285 e. The molecule has 0 unspecified atom stereocenters. The molecule has 1 amide bonds. The molecule has 0 atom stereocenters. The van der Waals surface area contributed by atoms with Crippen LogP contribution in [0, 0.1) is 0 Å². The van der Waals surface area contributed by atoms with Crippen molar-refractivity contribution in [1.29, 1.82) is 0 Å². The van der Waals surface area contributed by atoms with E-state index in [9.17, 15) is 13.2 Å². The van der Waals surface area contributed by atoms with E-state index < -0.39 is 10.0 Å². The Kier molecular flexibility index (Phi) is 4.18. The number of carbonyl (C=O) groups is 1. The molecule has 1 aromatic carbocycles. The van der Waals surface area contributed by atoms with Gasteiger partial charge in [-0.1, -0.05) is 18.2 Å². The van der Waals surface area contributed by atoms with Gasteiger partial charge in [0.05, 0.1) is 13.1 Å². The number of amides is 1. The number of sulfonamides is 1. The molecule has 120 valence electrons. The van der Waals surface area contributed by atoms with Crippen molar-refractivity contribution >= 4 is 33.1 Å². The van der Waals surface area contributed by atoms with Crippen molar-refractivity contribution < 1.29 is 13.2 Å². The molecule has 2 heterocycles. The first kappa shape index (κ1) is 15.7. The zero-order valence-electron chi connectivity index (χ0n) is 12.4. The maximum atomic E-state index is 12.0. The van der Waals surface area contributed by atoms with Gasteiger partial charge in [-0.05, 0) is 23.6 Å². The summed E-state index contributed by atoms with van der Waals surface area (Å²) >= 11 is 1.57. The third kappa shape index (κ3) is 3.27. The van der Waals surface area contributed by atoms with E-state index in [1.807, 2.05) is 17.5 Å². The molecular formula is C15H15N3O3S2. The maximum absolute atomic E-state index is 12.0. The fourth-order valence-corrected chi connectivity index (χ4v) is 4.20. The number of nitrogens with one attached hydrogen (secondary N) is 1. The van der Waals surface area contributed by atoms with Gasteiger partial charge in [-0.15, -0.1) is 15.7 Å². The molecular weight excluding hydrogens is 334 g/mol. The van der Waals surface area contributed by atoms with E-state index in [-0.39, 0.29) is 17.3 Å². The van der Waals surface area contributed by atoms with E-state index >= 15 is 0 Å². The van der Waals surface area contributed by atoms with Gasteiger partial charge in [0, 0.05) is 17.5 Å². The number of likely N-dealkylation sites (N-methyl/N-ethyl adjacent to an activating group) is 1. The minimum Gasteiger partial charge on any atom is -0.350 e. The molecule has 0 bridgehead atoms. The van der Waals surface area contributed by atoms with Gasteiger partial charge in [0.2, 0.25) is 5.91 Å². The van der Waals surface area contributed by atoms with Crippen molar-refractivity contribution in [1.82, 2.24) is 10.2 Å². The summed E-state index contributed by atoms with van der Waals surface area (Å²) in [6.07, 6.45) is 0. The van der Waals surface area contributed by atoms with Crippen LogP contribution < -0.4 is 5.32 Å². The van der Waals surface area contributed by atoms with Crippen LogP contribution in [0.4, 0.5) is 0 Å². The minimum atomic E-state index is -3.67. The monoisotopic (exact) mass is 349 g/mol. The molecule has 8 heteroatoms. The van der Waals surface area contributed by atoms with Crippen LogP contribution in [-0.4, -0.2) is 38.7 Å². The molecule has 2 aromatic rings. The second-order valence-corrected chi connectivity index (χ2v) is 7.70. The third-order valence-corrected chi connectivity index (χ3v) is 5.60. The predicted octanol–water partition coefficient (Wildman–Crippen LogP) is 1.45. The summed E-state index contributed by atoms with van der Waals surface area (Å²) in [4.78, 5) is 14.8. The first-order valence-corrected chi connectivity index (χ1v) is 9.24. The second kappa shape index (κ2) is 6.13. The Balaban J connectivity index is 1.69. The zero-order valence-corrected chi connectivity index (χ0v) is 14.0. The molecule has 0 fully saturated rings. The first-order chi connectivity index (χ1) is 11.0. The Morgan fingerprint density at radius 3 is 2.78 bits per heavy atom. The predicted molar refractivity (Wildman–Crippen MR) is 89.0 cm³/mol. The molecule has 0 spiro atoms. The minimum absolute atomic E-state index is 0.0358. The topological polar surface area (TPSA) is 78.8 Å². The number of benzene rings is 1. The molecule has 1 aliphatic rings. The Bertz CT molecular complexity index is 858. The number of fused-ring (bicyclic) bond motifs is 1. The van der Waals surface area contributed by atoms with E-state index in [4.69, 9.17) is 0 Å². The summed E-state index contributed by atoms with van der Waals surface area (Å²) in [5.74, 6) is 0.109. The van der Waals surface area contributed by atoms with Crippen LogP contribution in [0.1, 0.15) is 10.4 Å². The number of hydrogen-bond donors (Lipinski definition) is 1. The standard InChI is InChI=1S/C15H15N3O3S2/c1-18(10-14(19)16-9-11-5-4-8-22-11)15-12-6-2-3-7-13(12)23(20,21)17-15/h2-8H,9-10H2,1H3,(H,16,19). The highest BCUT2D eigenvalue weighted by atomic mass is 32.2. The molecule has 0 saturated heterocycles. The summed E-state index contributed by atoms with van der Waals surface area (Å²) in [6, 6.07) is 10.5. The van der Waals surface area contributed by atoms with Crippen LogP contribution >= 0.6 is 11.3 Å². The highest BCUT2D eigenvalue weighted by Gasteiger charge is 2.30. The molecule has 3 rings (SSSR count). The van der Waals surface area contributed by atoms with Gasteiger partial charge in [0.25, 0.3) is 10.0 Å². The van der Waals surface area contributed by atoms with Gasteiger partial charge in [0.15, 0.2) is 5.84 Å². The lowest BCUT2D eigenvalue weighted by molar-refractivity contribution is -0.121. The molecule has 1 N–H and O–H groups in total. The lowest BCUT2D eigenvalue weighted by atomic mass is 10.2. The van der Waals surface area contributed by atoms with Crippen molar-refractivity contribution in [2.75, 3.05) is 13.6 Å². The second-order valence-electron chi connectivity index (χ2n) is 5.10. The zero-order chi connectivity index (χ0) is 16.4. The average molecular weight is 349 g/mol. The van der Waals surface area contributed by atoms with Crippen LogP contribution in [0.3, 0.4) is 0 Å². The Hall–Kier alpha value is -2.19. The lowest BCUT2D eigenvalue weighted by Crippen LogP contribution is -2.38. The summed E-state index contributed by atoms with van der Waals surface area (Å²) in [5.41, 5.74) is 0.529. The van der Waals surface area contributed by atoms with Crippen LogP contribution in [-0.2, 0) is 21.4 Å². The summed E-state index contributed by atoms with van der Waals surface area (Å²) in [6.45, 7) is 0.500. The normalized spacial score (nSPS) is 14.9. The number of carbonyl (C=O) groups excluding carboxylic acids is 1. The van der Waals surface area contributed by atoms with Gasteiger partial charge in [-0.2, -0.15) is 8.42 Å². The molecule has 23 heavy (non-hydrogen) atoms. The SMILES string of the molecule is CN(CC(=O)NCc1cccs1)C1=NS(=O)(=O)c2ccccc21. The molecule has 0 saturated carbocycles. The summed E-state index contributed by atoms with van der Waals surface area (Å²) in [7, 11) is -2.01. The van der Waals surface area contributed by atoms with Crippen LogP contribution in [0.15, 0.2) is 51.1 Å². The number of nitrogens with zero attached hydrogens (tertiary/aromatic N) is 2. The fraction of sp³-hybridized carbons (Fsp3) is 0.200. The molecule has 1 aromatic heterocycles. The Labute approximate surface area is 138 Å². The number of rotatable bonds is 4. The number of amidine groups is 1. The highest BCUT2D eigenvalue weighted by molar-refractivity contribution is 7.90. The average Bonchev–Trinajstić information content (AvgIpc) is 3.12. The van der Waals surface area contributed by atoms with Gasteiger partial charge in [-0.3, -0.25) is 4.79 Å². The van der Waals surface area contributed by atoms with Gasteiger partial charge in [0.1, 0.15) is 4.90 Å². The van der Waals surface area contributed by atoms with Crippen LogP contribution in [0.5, 0.6) is 0 Å². The van der Waals surface area contributed by atoms with Crippen molar-refractivity contribution in [2.24, 2.45) is 4.40 Å². The fourth-order valence-electron chi connectivity index (χ4n) is 2.31. The van der Waals surface area contributed by atoms with Crippen LogP contribution in [0.2, 0.25) is 0 Å². The Morgan fingerprint density at radius 1 is 1.26 bits per heavy atom. The molecule has 1 aliphatic heterocycles. The first-order valence-electron chi connectivity index (χ1n) is 6.92. The van der Waals surface area contributed by atoms with Crippen molar-refractivity contribution in [3.63, 3.8) is 0 Å². The quantitative estimate of drug-likeness (QED) is 0.906. The smallest absolute Gasteiger partial charge is 0.285 e. The van der Waals surface area contributed by atoms with Gasteiger partial charge < -0.3 is 10.2 Å². The van der Waals surface area contributed by atoms with E-state index in [1.54, 1.807) is 41.5 Å². The van der Waals surface area contributed by atoms with E-state index in [2.05, 4.69) is 9.71 Å². The van der Waals surface area contributed by atoms with Crippen molar-refractivity contribution in [2.45, 2.75) is 11.4 Å². The highest BCUT2D eigenvalue weighted by Crippen LogP contribution is 2.26. The lowest BCUT2D eigenvalue weighted by Gasteiger charge is -2.18. The molecule has 6 nitrogen and oxygen atoms in total. The van der Waals surface area contributed by atoms with E-state index in [0.29, 0.717) is 17.9 Å². The van der Waals surface area contributed by atoms with Gasteiger partial charge >= 0.3 is 0 Å². The van der Waals surface area contributed by atoms with Crippen molar-refractivity contribution in [3.05, 3.63) is 52.2 Å². The van der Waals surface area contributed by atoms with E-state index in [0.717, 1.165) is 4.88 Å². The molecule has 0 radical (unpaired) electrons. The summed E-state index contributed by atoms with van der Waals surface area (Å²) in [5, 5.41) is 4.76. The third-order valence-electron chi connectivity index (χ3n) is 3.39.